The van der Waals surface area contributed by atoms with Gasteiger partial charge in [-0.25, -0.2) is 4.39 Å². The Hall–Kier alpha value is -1.71. The van der Waals surface area contributed by atoms with Crippen molar-refractivity contribution in [2.45, 2.75) is 6.54 Å². The standard InChI is InChI=1S/C16H15ClFNO/c1-19(10-13-5-2-3-8-15(13)17)11-16(20)12-6-4-7-14(18)9-12/h2-9H,10-11H2,1H3. The average molecular weight is 292 g/mol. The molecular formula is C16H15ClFNO. The van der Waals surface area contributed by atoms with Crippen molar-refractivity contribution in [3.8, 4) is 0 Å². The van der Waals surface area contributed by atoms with Crippen molar-refractivity contribution in [1.29, 1.82) is 0 Å². The Morgan fingerprint density at radius 3 is 2.65 bits per heavy atom. The molecule has 0 bridgehead atoms. The number of Topliss-reactive ketones (excluding diaryl/α,β-unsaturated/α-hetero) is 1. The first-order chi connectivity index (χ1) is 9.56. The van der Waals surface area contributed by atoms with Gasteiger partial charge in [-0.3, -0.25) is 9.69 Å². The number of halogens is 2. The number of rotatable bonds is 5. The number of carbonyl (C=O) groups is 1. The highest BCUT2D eigenvalue weighted by atomic mass is 35.5. The van der Waals surface area contributed by atoms with Crippen LogP contribution in [0.5, 0.6) is 0 Å². The van der Waals surface area contributed by atoms with Gasteiger partial charge >= 0.3 is 0 Å². The van der Waals surface area contributed by atoms with Crippen molar-refractivity contribution in [3.05, 3.63) is 70.5 Å². The van der Waals surface area contributed by atoms with Gasteiger partial charge in [-0.05, 0) is 30.8 Å². The first-order valence-electron chi connectivity index (χ1n) is 6.27. The third-order valence-electron chi connectivity index (χ3n) is 2.96. The molecule has 0 amide bonds. The predicted molar refractivity (Wildman–Crippen MR) is 78.5 cm³/mol. The number of carbonyl (C=O) groups excluding carboxylic acids is 1. The van der Waals surface area contributed by atoms with Crippen LogP contribution in [0.4, 0.5) is 4.39 Å². The molecule has 0 atom stereocenters. The van der Waals surface area contributed by atoms with Crippen LogP contribution in [0.2, 0.25) is 5.02 Å². The third kappa shape index (κ3) is 3.89. The van der Waals surface area contributed by atoms with Crippen molar-refractivity contribution in [3.63, 3.8) is 0 Å². The van der Waals surface area contributed by atoms with E-state index in [-0.39, 0.29) is 12.3 Å². The first kappa shape index (κ1) is 14.7. The Labute approximate surface area is 122 Å². The van der Waals surface area contributed by atoms with E-state index < -0.39 is 5.82 Å². The minimum absolute atomic E-state index is 0.112. The molecule has 0 heterocycles. The third-order valence-corrected chi connectivity index (χ3v) is 3.33. The summed E-state index contributed by atoms with van der Waals surface area (Å²) in [6.07, 6.45) is 0. The molecule has 0 aromatic heterocycles. The van der Waals surface area contributed by atoms with Gasteiger partial charge in [0.25, 0.3) is 0 Å². The molecule has 2 rings (SSSR count). The highest BCUT2D eigenvalue weighted by Crippen LogP contribution is 2.16. The van der Waals surface area contributed by atoms with E-state index in [1.54, 1.807) is 6.07 Å². The van der Waals surface area contributed by atoms with Crippen molar-refractivity contribution >= 4 is 17.4 Å². The molecule has 0 saturated heterocycles. The predicted octanol–water partition coefficient (Wildman–Crippen LogP) is 3.79. The number of hydrogen-bond acceptors (Lipinski definition) is 2. The van der Waals surface area contributed by atoms with E-state index >= 15 is 0 Å². The number of nitrogens with zero attached hydrogens (tertiary/aromatic N) is 1. The SMILES string of the molecule is CN(CC(=O)c1cccc(F)c1)Cc1ccccc1Cl. The van der Waals surface area contributed by atoms with E-state index in [9.17, 15) is 9.18 Å². The van der Waals surface area contributed by atoms with Crippen LogP contribution < -0.4 is 0 Å². The molecule has 0 fully saturated rings. The average Bonchev–Trinajstić information content (AvgIpc) is 2.41. The summed E-state index contributed by atoms with van der Waals surface area (Å²) in [6.45, 7) is 0.787. The number of hydrogen-bond donors (Lipinski definition) is 0. The smallest absolute Gasteiger partial charge is 0.176 e. The fraction of sp³-hybridized carbons (Fsp3) is 0.188. The lowest BCUT2D eigenvalue weighted by Gasteiger charge is -2.16. The van der Waals surface area contributed by atoms with E-state index in [1.165, 1.54) is 18.2 Å². The summed E-state index contributed by atoms with van der Waals surface area (Å²) < 4.78 is 13.1. The van der Waals surface area contributed by atoms with E-state index in [2.05, 4.69) is 0 Å². The largest absolute Gasteiger partial charge is 0.295 e. The highest BCUT2D eigenvalue weighted by Gasteiger charge is 2.11. The molecule has 104 valence electrons. The van der Waals surface area contributed by atoms with Crippen LogP contribution in [-0.4, -0.2) is 24.3 Å². The van der Waals surface area contributed by atoms with Crippen LogP contribution in [0.25, 0.3) is 0 Å². The topological polar surface area (TPSA) is 20.3 Å². The van der Waals surface area contributed by atoms with Gasteiger partial charge in [0.05, 0.1) is 6.54 Å². The maximum atomic E-state index is 13.1. The second kappa shape index (κ2) is 6.64. The van der Waals surface area contributed by atoms with E-state index in [0.717, 1.165) is 5.56 Å². The van der Waals surface area contributed by atoms with Gasteiger partial charge < -0.3 is 0 Å². The van der Waals surface area contributed by atoms with Gasteiger partial charge in [-0.2, -0.15) is 0 Å². The molecule has 4 heteroatoms. The molecule has 2 aromatic rings. The van der Waals surface area contributed by atoms with Crippen molar-refractivity contribution in [2.24, 2.45) is 0 Å². The van der Waals surface area contributed by atoms with E-state index in [4.69, 9.17) is 11.6 Å². The van der Waals surface area contributed by atoms with Crippen LogP contribution >= 0.6 is 11.6 Å². The van der Waals surface area contributed by atoms with E-state index in [1.807, 2.05) is 36.2 Å². The lowest BCUT2D eigenvalue weighted by Crippen LogP contribution is -2.25. The van der Waals surface area contributed by atoms with Crippen LogP contribution in [-0.2, 0) is 6.54 Å². The molecular weight excluding hydrogens is 277 g/mol. The number of benzene rings is 2. The van der Waals surface area contributed by atoms with E-state index in [0.29, 0.717) is 17.1 Å². The van der Waals surface area contributed by atoms with Gasteiger partial charge in [-0.1, -0.05) is 41.9 Å². The van der Waals surface area contributed by atoms with Crippen LogP contribution in [0.15, 0.2) is 48.5 Å². The minimum Gasteiger partial charge on any atom is -0.295 e. The van der Waals surface area contributed by atoms with Gasteiger partial charge in [0.1, 0.15) is 5.82 Å². The summed E-state index contributed by atoms with van der Waals surface area (Å²) in [4.78, 5) is 13.9. The second-order valence-electron chi connectivity index (χ2n) is 4.70. The van der Waals surface area contributed by atoms with Crippen molar-refractivity contribution in [1.82, 2.24) is 4.90 Å². The maximum absolute atomic E-state index is 13.1. The normalized spacial score (nSPS) is 10.8. The molecule has 0 radical (unpaired) electrons. The quantitative estimate of drug-likeness (QED) is 0.781. The monoisotopic (exact) mass is 291 g/mol. The number of ketones is 1. The lowest BCUT2D eigenvalue weighted by molar-refractivity contribution is 0.0942. The van der Waals surface area contributed by atoms with Crippen LogP contribution in [0, 0.1) is 5.82 Å². The molecule has 0 aliphatic rings. The summed E-state index contributed by atoms with van der Waals surface area (Å²) in [5, 5.41) is 0.678. The zero-order chi connectivity index (χ0) is 14.5. The second-order valence-corrected chi connectivity index (χ2v) is 5.10. The fourth-order valence-electron chi connectivity index (χ4n) is 1.97. The molecule has 0 saturated carbocycles. The molecule has 0 aliphatic carbocycles. The van der Waals surface area contributed by atoms with Crippen LogP contribution in [0.1, 0.15) is 15.9 Å². The Morgan fingerprint density at radius 1 is 1.20 bits per heavy atom. The Morgan fingerprint density at radius 2 is 1.95 bits per heavy atom. The first-order valence-corrected chi connectivity index (χ1v) is 6.65. The zero-order valence-corrected chi connectivity index (χ0v) is 11.9. The van der Waals surface area contributed by atoms with Gasteiger partial charge in [0.2, 0.25) is 0 Å². The Bertz CT molecular complexity index is 615. The molecule has 20 heavy (non-hydrogen) atoms. The Kier molecular flexibility index (Phi) is 4.88. The highest BCUT2D eigenvalue weighted by molar-refractivity contribution is 6.31. The summed E-state index contributed by atoms with van der Waals surface area (Å²) in [5.74, 6) is -0.510. The van der Waals surface area contributed by atoms with Crippen molar-refractivity contribution in [2.75, 3.05) is 13.6 Å². The van der Waals surface area contributed by atoms with Crippen molar-refractivity contribution < 1.29 is 9.18 Å². The van der Waals surface area contributed by atoms with Gasteiger partial charge in [0.15, 0.2) is 5.78 Å². The summed E-state index contributed by atoms with van der Waals surface area (Å²) in [7, 11) is 1.83. The maximum Gasteiger partial charge on any atom is 0.176 e. The lowest BCUT2D eigenvalue weighted by atomic mass is 10.1. The fourth-order valence-corrected chi connectivity index (χ4v) is 2.17. The molecule has 2 aromatic carbocycles. The zero-order valence-electron chi connectivity index (χ0n) is 11.1. The Balaban J connectivity index is 2.00. The molecule has 2 nitrogen and oxygen atoms in total. The van der Waals surface area contributed by atoms with Gasteiger partial charge in [0, 0.05) is 17.1 Å². The molecule has 0 spiro atoms. The minimum atomic E-state index is -0.399. The summed E-state index contributed by atoms with van der Waals surface area (Å²) >= 11 is 6.08. The summed E-state index contributed by atoms with van der Waals surface area (Å²) in [5.41, 5.74) is 1.35. The molecule has 0 aliphatic heterocycles. The van der Waals surface area contributed by atoms with Crippen LogP contribution in [0.3, 0.4) is 0 Å². The summed E-state index contributed by atoms with van der Waals surface area (Å²) in [6, 6.07) is 13.2. The number of likely N-dealkylation sites (N-methyl/N-ethyl adjacent to an activating group) is 1. The molecule has 0 N–H and O–H groups in total. The molecule has 0 unspecified atom stereocenters. The van der Waals surface area contributed by atoms with Gasteiger partial charge in [-0.15, -0.1) is 0 Å².